The van der Waals surface area contributed by atoms with Crippen LogP contribution in [-0.4, -0.2) is 41.8 Å². The SMILES string of the molecule is COC(=O)c1ccc(COC(=O)[C@H](C(C)C)N2C(=O)c3ccccc3C2=O)cc1. The zero-order valence-corrected chi connectivity index (χ0v) is 16.4. The van der Waals surface area contributed by atoms with Gasteiger partial charge in [0.2, 0.25) is 0 Å². The van der Waals surface area contributed by atoms with Crippen LogP contribution in [0.3, 0.4) is 0 Å². The van der Waals surface area contributed by atoms with Crippen molar-refractivity contribution in [2.24, 2.45) is 5.92 Å². The first-order chi connectivity index (χ1) is 13.8. The molecule has 0 N–H and O–H groups in total. The van der Waals surface area contributed by atoms with Crippen LogP contribution in [0.2, 0.25) is 0 Å². The topological polar surface area (TPSA) is 90.0 Å². The van der Waals surface area contributed by atoms with Gasteiger partial charge in [0.25, 0.3) is 11.8 Å². The van der Waals surface area contributed by atoms with Crippen molar-refractivity contribution in [3.63, 3.8) is 0 Å². The summed E-state index contributed by atoms with van der Waals surface area (Å²) in [4.78, 5) is 50.7. The number of esters is 2. The van der Waals surface area contributed by atoms with Crippen molar-refractivity contribution in [3.8, 4) is 0 Å². The quantitative estimate of drug-likeness (QED) is 0.552. The Hall–Kier alpha value is -3.48. The standard InChI is InChI=1S/C22H21NO6/c1-13(2)18(23-19(24)16-6-4-5-7-17(16)20(23)25)22(27)29-12-14-8-10-15(11-9-14)21(26)28-3/h4-11,13,18H,12H2,1-3H3/t18-/m0/s1. The largest absolute Gasteiger partial charge is 0.465 e. The van der Waals surface area contributed by atoms with Gasteiger partial charge < -0.3 is 9.47 Å². The van der Waals surface area contributed by atoms with Crippen molar-refractivity contribution in [2.45, 2.75) is 26.5 Å². The first-order valence-corrected chi connectivity index (χ1v) is 9.16. The van der Waals surface area contributed by atoms with Gasteiger partial charge in [-0.15, -0.1) is 0 Å². The number of nitrogens with zero attached hydrogens (tertiary/aromatic N) is 1. The molecule has 29 heavy (non-hydrogen) atoms. The van der Waals surface area contributed by atoms with Gasteiger partial charge in [-0.05, 0) is 35.7 Å². The number of ether oxygens (including phenoxy) is 2. The Morgan fingerprint density at radius 2 is 1.48 bits per heavy atom. The van der Waals surface area contributed by atoms with Gasteiger partial charge >= 0.3 is 11.9 Å². The minimum absolute atomic E-state index is 0.0489. The molecule has 0 saturated heterocycles. The predicted octanol–water partition coefficient (Wildman–Crippen LogP) is 2.84. The molecule has 0 unspecified atom stereocenters. The maximum atomic E-state index is 12.8. The molecule has 7 nitrogen and oxygen atoms in total. The van der Waals surface area contributed by atoms with Crippen LogP contribution in [0.5, 0.6) is 0 Å². The third kappa shape index (κ3) is 3.89. The van der Waals surface area contributed by atoms with Crippen molar-refractivity contribution >= 4 is 23.8 Å². The van der Waals surface area contributed by atoms with Crippen LogP contribution in [-0.2, 0) is 20.9 Å². The Morgan fingerprint density at radius 3 is 1.97 bits per heavy atom. The highest BCUT2D eigenvalue weighted by Crippen LogP contribution is 2.27. The van der Waals surface area contributed by atoms with Crippen LogP contribution in [0.25, 0.3) is 0 Å². The number of rotatable bonds is 6. The molecule has 0 aliphatic carbocycles. The fourth-order valence-electron chi connectivity index (χ4n) is 3.23. The minimum atomic E-state index is -1.03. The van der Waals surface area contributed by atoms with E-state index in [4.69, 9.17) is 4.74 Å². The number of carbonyl (C=O) groups is 4. The summed E-state index contributed by atoms with van der Waals surface area (Å²) in [5.74, 6) is -2.44. The molecule has 0 aromatic heterocycles. The van der Waals surface area contributed by atoms with E-state index < -0.39 is 29.8 Å². The number of benzene rings is 2. The summed E-state index contributed by atoms with van der Waals surface area (Å²) in [5.41, 5.74) is 1.62. The summed E-state index contributed by atoms with van der Waals surface area (Å²) in [7, 11) is 1.29. The molecule has 2 aromatic rings. The molecule has 0 spiro atoms. The van der Waals surface area contributed by atoms with E-state index in [0.29, 0.717) is 11.1 Å². The van der Waals surface area contributed by atoms with E-state index in [1.54, 1.807) is 62.4 Å². The lowest BCUT2D eigenvalue weighted by Gasteiger charge is -2.27. The lowest BCUT2D eigenvalue weighted by Crippen LogP contribution is -2.48. The molecule has 1 aliphatic rings. The van der Waals surface area contributed by atoms with Crippen molar-refractivity contribution in [1.82, 2.24) is 4.90 Å². The first kappa shape index (κ1) is 20.3. The van der Waals surface area contributed by atoms with Crippen molar-refractivity contribution in [1.29, 1.82) is 0 Å². The Morgan fingerprint density at radius 1 is 0.931 bits per heavy atom. The number of fused-ring (bicyclic) bond motifs is 1. The fourth-order valence-corrected chi connectivity index (χ4v) is 3.23. The van der Waals surface area contributed by atoms with Crippen LogP contribution in [0.1, 0.15) is 50.5 Å². The van der Waals surface area contributed by atoms with Gasteiger partial charge in [0, 0.05) is 0 Å². The van der Waals surface area contributed by atoms with Gasteiger partial charge in [-0.3, -0.25) is 14.5 Å². The van der Waals surface area contributed by atoms with Crippen molar-refractivity contribution in [2.75, 3.05) is 7.11 Å². The molecular weight excluding hydrogens is 374 g/mol. The normalized spacial score (nSPS) is 14.0. The van der Waals surface area contributed by atoms with Gasteiger partial charge in [-0.2, -0.15) is 0 Å². The molecule has 150 valence electrons. The van der Waals surface area contributed by atoms with Crippen LogP contribution < -0.4 is 0 Å². The molecule has 0 saturated carbocycles. The molecule has 7 heteroatoms. The highest BCUT2D eigenvalue weighted by atomic mass is 16.5. The first-order valence-electron chi connectivity index (χ1n) is 9.16. The van der Waals surface area contributed by atoms with Crippen molar-refractivity contribution in [3.05, 3.63) is 70.8 Å². The van der Waals surface area contributed by atoms with E-state index >= 15 is 0 Å². The lowest BCUT2D eigenvalue weighted by molar-refractivity contribution is -0.151. The second-order valence-electron chi connectivity index (χ2n) is 7.01. The third-order valence-electron chi connectivity index (χ3n) is 4.73. The van der Waals surface area contributed by atoms with E-state index in [9.17, 15) is 19.2 Å². The summed E-state index contributed by atoms with van der Waals surface area (Å²) in [5, 5.41) is 0. The molecule has 2 aromatic carbocycles. The maximum absolute atomic E-state index is 12.8. The molecule has 1 heterocycles. The Bertz CT molecular complexity index is 929. The summed E-state index contributed by atoms with van der Waals surface area (Å²) in [6.07, 6.45) is 0. The number of hydrogen-bond donors (Lipinski definition) is 0. The minimum Gasteiger partial charge on any atom is -0.465 e. The molecule has 0 fully saturated rings. The number of carbonyl (C=O) groups excluding carboxylic acids is 4. The molecule has 1 atom stereocenters. The maximum Gasteiger partial charge on any atom is 0.337 e. The van der Waals surface area contributed by atoms with E-state index in [2.05, 4.69) is 4.74 Å². The van der Waals surface area contributed by atoms with Crippen molar-refractivity contribution < 1.29 is 28.7 Å². The van der Waals surface area contributed by atoms with E-state index in [1.165, 1.54) is 7.11 Å². The molecular formula is C22H21NO6. The Kier molecular flexibility index (Phi) is 5.77. The van der Waals surface area contributed by atoms with Crippen LogP contribution in [0.15, 0.2) is 48.5 Å². The number of amides is 2. The van der Waals surface area contributed by atoms with Crippen LogP contribution in [0, 0.1) is 5.92 Å². The smallest absolute Gasteiger partial charge is 0.337 e. The summed E-state index contributed by atoms with van der Waals surface area (Å²) in [6.45, 7) is 3.45. The molecule has 0 radical (unpaired) electrons. The molecule has 2 amide bonds. The molecule has 1 aliphatic heterocycles. The predicted molar refractivity (Wildman–Crippen MR) is 103 cm³/mol. The van der Waals surface area contributed by atoms with E-state index in [1.807, 2.05) is 0 Å². The second kappa shape index (κ2) is 8.26. The highest BCUT2D eigenvalue weighted by Gasteiger charge is 2.44. The zero-order valence-electron chi connectivity index (χ0n) is 16.4. The number of hydrogen-bond acceptors (Lipinski definition) is 6. The van der Waals surface area contributed by atoms with Gasteiger partial charge in [0.1, 0.15) is 12.6 Å². The molecule has 0 bridgehead atoms. The van der Waals surface area contributed by atoms with Crippen LogP contribution >= 0.6 is 0 Å². The summed E-state index contributed by atoms with van der Waals surface area (Å²) < 4.78 is 10.0. The Labute approximate surface area is 168 Å². The second-order valence-corrected chi connectivity index (χ2v) is 7.01. The van der Waals surface area contributed by atoms with Gasteiger partial charge in [-0.1, -0.05) is 38.1 Å². The summed E-state index contributed by atoms with van der Waals surface area (Å²) >= 11 is 0. The number of methoxy groups -OCH3 is 1. The van der Waals surface area contributed by atoms with Gasteiger partial charge in [0.05, 0.1) is 23.8 Å². The lowest BCUT2D eigenvalue weighted by atomic mass is 10.0. The number of imide groups is 1. The average Bonchev–Trinajstić information content (AvgIpc) is 2.97. The zero-order chi connectivity index (χ0) is 21.1. The summed E-state index contributed by atoms with van der Waals surface area (Å²) in [6, 6.07) is 11.9. The van der Waals surface area contributed by atoms with Gasteiger partial charge in [0.15, 0.2) is 0 Å². The average molecular weight is 395 g/mol. The molecule has 3 rings (SSSR count). The monoisotopic (exact) mass is 395 g/mol. The van der Waals surface area contributed by atoms with E-state index in [-0.39, 0.29) is 23.7 Å². The third-order valence-corrected chi connectivity index (χ3v) is 4.73. The van der Waals surface area contributed by atoms with Crippen LogP contribution in [0.4, 0.5) is 0 Å². The van der Waals surface area contributed by atoms with Gasteiger partial charge in [-0.25, -0.2) is 9.59 Å². The highest BCUT2D eigenvalue weighted by molar-refractivity contribution is 6.22. The fraction of sp³-hybridized carbons (Fsp3) is 0.273. The van der Waals surface area contributed by atoms with E-state index in [0.717, 1.165) is 4.90 Å². The Balaban J connectivity index is 1.73.